The van der Waals surface area contributed by atoms with Crippen LogP contribution in [0.3, 0.4) is 0 Å². The van der Waals surface area contributed by atoms with Crippen molar-refractivity contribution in [2.45, 2.75) is 37.9 Å². The highest BCUT2D eigenvalue weighted by molar-refractivity contribution is 8.03. The first kappa shape index (κ1) is 19.6. The Kier molecular flexibility index (Phi) is 5.43. The molecule has 2 aromatic rings. The number of rotatable bonds is 3. The van der Waals surface area contributed by atoms with Gasteiger partial charge in [0, 0.05) is 33.5 Å². The Hall–Kier alpha value is -2.13. The van der Waals surface area contributed by atoms with Crippen molar-refractivity contribution in [1.29, 1.82) is 0 Å². The van der Waals surface area contributed by atoms with Crippen LogP contribution in [-0.4, -0.2) is 16.7 Å². The SMILES string of the molecule is CC1=C(C)C(=O)Cc2cc(C(=O)NCc3cnc(C(F)(F)F)s3)ccc2S1. The predicted molar refractivity (Wildman–Crippen MR) is 97.7 cm³/mol. The fraction of sp³-hybridized carbons (Fsp3) is 0.278. The van der Waals surface area contributed by atoms with Crippen molar-refractivity contribution in [3.63, 3.8) is 0 Å². The lowest BCUT2D eigenvalue weighted by atomic mass is 10.0. The zero-order valence-corrected chi connectivity index (χ0v) is 16.1. The van der Waals surface area contributed by atoms with E-state index in [-0.39, 0.29) is 18.7 Å². The van der Waals surface area contributed by atoms with Crippen molar-refractivity contribution in [1.82, 2.24) is 10.3 Å². The number of halogens is 3. The topological polar surface area (TPSA) is 59.1 Å². The van der Waals surface area contributed by atoms with Gasteiger partial charge < -0.3 is 5.32 Å². The van der Waals surface area contributed by atoms with Gasteiger partial charge in [0.15, 0.2) is 10.8 Å². The van der Waals surface area contributed by atoms with E-state index in [9.17, 15) is 22.8 Å². The van der Waals surface area contributed by atoms with E-state index in [2.05, 4.69) is 10.3 Å². The molecule has 1 aliphatic rings. The van der Waals surface area contributed by atoms with E-state index in [1.165, 1.54) is 11.8 Å². The molecule has 27 heavy (non-hydrogen) atoms. The number of nitrogens with one attached hydrogen (secondary N) is 1. The van der Waals surface area contributed by atoms with E-state index in [4.69, 9.17) is 0 Å². The molecule has 1 aliphatic heterocycles. The molecule has 2 heterocycles. The van der Waals surface area contributed by atoms with Crippen LogP contribution in [0.25, 0.3) is 0 Å². The standard InChI is InChI=1S/C18H15F3N2O2S2/c1-9-10(2)26-15-4-3-11(5-12(15)6-14(9)24)16(25)22-7-13-8-23-17(27-13)18(19,20)21/h3-5,8H,6-7H2,1-2H3,(H,22,25). The highest BCUT2D eigenvalue weighted by Gasteiger charge is 2.34. The smallest absolute Gasteiger partial charge is 0.347 e. The summed E-state index contributed by atoms with van der Waals surface area (Å²) >= 11 is 1.99. The molecule has 4 nitrogen and oxygen atoms in total. The van der Waals surface area contributed by atoms with Gasteiger partial charge in [-0.2, -0.15) is 13.2 Å². The summed E-state index contributed by atoms with van der Waals surface area (Å²) in [5.74, 6) is -0.400. The van der Waals surface area contributed by atoms with Crippen molar-refractivity contribution in [3.8, 4) is 0 Å². The summed E-state index contributed by atoms with van der Waals surface area (Å²) in [5.41, 5.74) is 1.85. The van der Waals surface area contributed by atoms with Crippen molar-refractivity contribution < 1.29 is 22.8 Å². The van der Waals surface area contributed by atoms with Gasteiger partial charge in [0.1, 0.15) is 0 Å². The summed E-state index contributed by atoms with van der Waals surface area (Å²) in [7, 11) is 0. The summed E-state index contributed by atoms with van der Waals surface area (Å²) in [6.07, 6.45) is -3.16. The van der Waals surface area contributed by atoms with Gasteiger partial charge in [-0.1, -0.05) is 11.8 Å². The van der Waals surface area contributed by atoms with E-state index >= 15 is 0 Å². The first-order chi connectivity index (χ1) is 12.6. The van der Waals surface area contributed by atoms with Crippen molar-refractivity contribution in [2.75, 3.05) is 0 Å². The average Bonchev–Trinajstić information content (AvgIpc) is 3.06. The summed E-state index contributed by atoms with van der Waals surface area (Å²) in [6, 6.07) is 5.10. The Morgan fingerprint density at radius 3 is 2.70 bits per heavy atom. The van der Waals surface area contributed by atoms with Crippen LogP contribution in [-0.2, 0) is 23.9 Å². The fourth-order valence-corrected chi connectivity index (χ4v) is 4.21. The summed E-state index contributed by atoms with van der Waals surface area (Å²) in [5, 5.41) is 1.65. The van der Waals surface area contributed by atoms with Gasteiger partial charge in [-0.05, 0) is 42.5 Å². The van der Waals surface area contributed by atoms with Gasteiger partial charge >= 0.3 is 6.18 Å². The maximum Gasteiger partial charge on any atom is 0.443 e. The van der Waals surface area contributed by atoms with E-state index in [0.717, 1.165) is 21.6 Å². The molecule has 1 amide bonds. The van der Waals surface area contributed by atoms with Crippen LogP contribution in [0.1, 0.15) is 39.7 Å². The Balaban J connectivity index is 1.71. The second-order valence-corrected chi connectivity index (χ2v) is 8.39. The minimum absolute atomic E-state index is 0.0145. The van der Waals surface area contributed by atoms with E-state index in [1.807, 2.05) is 6.92 Å². The number of ketones is 1. The first-order valence-electron chi connectivity index (χ1n) is 7.96. The van der Waals surface area contributed by atoms with Crippen LogP contribution in [0.2, 0.25) is 0 Å². The van der Waals surface area contributed by atoms with Crippen molar-refractivity contribution in [3.05, 3.63) is 55.9 Å². The van der Waals surface area contributed by atoms with E-state index in [0.29, 0.717) is 27.4 Å². The molecule has 0 fully saturated rings. The van der Waals surface area contributed by atoms with Crippen LogP contribution < -0.4 is 5.32 Å². The largest absolute Gasteiger partial charge is 0.443 e. The molecular formula is C18H15F3N2O2S2. The maximum atomic E-state index is 12.6. The second-order valence-electron chi connectivity index (χ2n) is 6.02. The van der Waals surface area contributed by atoms with Crippen LogP contribution in [0.4, 0.5) is 13.2 Å². The van der Waals surface area contributed by atoms with Crippen LogP contribution in [0.15, 0.2) is 39.8 Å². The number of hydrogen-bond donors (Lipinski definition) is 1. The molecule has 0 unspecified atom stereocenters. The Bertz CT molecular complexity index is 948. The molecule has 1 aromatic carbocycles. The third-order valence-electron chi connectivity index (χ3n) is 4.10. The number of aromatic nitrogens is 1. The monoisotopic (exact) mass is 412 g/mol. The number of thioether (sulfide) groups is 1. The third-order valence-corrected chi connectivity index (χ3v) is 6.38. The maximum absolute atomic E-state index is 12.6. The lowest BCUT2D eigenvalue weighted by Crippen LogP contribution is -2.22. The number of benzene rings is 1. The molecule has 0 bridgehead atoms. The van der Waals surface area contributed by atoms with E-state index in [1.54, 1.807) is 25.1 Å². The quantitative estimate of drug-likeness (QED) is 0.800. The van der Waals surface area contributed by atoms with Crippen LogP contribution in [0.5, 0.6) is 0 Å². The van der Waals surface area contributed by atoms with Crippen LogP contribution >= 0.6 is 23.1 Å². The van der Waals surface area contributed by atoms with Gasteiger partial charge in [0.25, 0.3) is 5.91 Å². The van der Waals surface area contributed by atoms with Gasteiger partial charge in [0.2, 0.25) is 0 Å². The minimum Gasteiger partial charge on any atom is -0.347 e. The second kappa shape index (κ2) is 7.47. The minimum atomic E-state index is -4.49. The normalized spacial score (nSPS) is 14.8. The molecule has 9 heteroatoms. The number of fused-ring (bicyclic) bond motifs is 1. The highest BCUT2D eigenvalue weighted by Crippen LogP contribution is 2.36. The number of allylic oxidation sites excluding steroid dienone is 2. The zero-order chi connectivity index (χ0) is 19.8. The number of thiazole rings is 1. The molecule has 1 N–H and O–H groups in total. The number of amides is 1. The summed E-state index contributed by atoms with van der Waals surface area (Å²) in [6.45, 7) is 3.63. The number of alkyl halides is 3. The predicted octanol–water partition coefficient (Wildman–Crippen LogP) is 4.60. The molecule has 0 aliphatic carbocycles. The Morgan fingerprint density at radius 2 is 2.04 bits per heavy atom. The Labute approximate surface area is 161 Å². The van der Waals surface area contributed by atoms with Gasteiger partial charge in [-0.3, -0.25) is 9.59 Å². The average molecular weight is 412 g/mol. The first-order valence-corrected chi connectivity index (χ1v) is 9.60. The van der Waals surface area contributed by atoms with Crippen LogP contribution in [0, 0.1) is 0 Å². The molecule has 0 saturated carbocycles. The zero-order valence-electron chi connectivity index (χ0n) is 14.4. The molecule has 1 aromatic heterocycles. The molecule has 0 radical (unpaired) electrons. The van der Waals surface area contributed by atoms with E-state index < -0.39 is 17.1 Å². The number of hydrogen-bond acceptors (Lipinski definition) is 5. The third kappa shape index (κ3) is 4.41. The number of carbonyl (C=O) groups is 2. The summed E-state index contributed by atoms with van der Waals surface area (Å²) < 4.78 is 37.7. The number of carbonyl (C=O) groups excluding carboxylic acids is 2. The molecular weight excluding hydrogens is 397 g/mol. The molecule has 3 rings (SSSR count). The van der Waals surface area contributed by atoms with Gasteiger partial charge in [-0.25, -0.2) is 4.98 Å². The van der Waals surface area contributed by atoms with Crippen molar-refractivity contribution in [2.24, 2.45) is 0 Å². The lowest BCUT2D eigenvalue weighted by Gasteiger charge is -2.09. The summed E-state index contributed by atoms with van der Waals surface area (Å²) in [4.78, 5) is 30.0. The number of Topliss-reactive ketones (excluding diaryl/α,β-unsaturated/α-hetero) is 1. The highest BCUT2D eigenvalue weighted by atomic mass is 32.2. The molecule has 0 spiro atoms. The molecule has 142 valence electrons. The fourth-order valence-electron chi connectivity index (χ4n) is 2.49. The lowest BCUT2D eigenvalue weighted by molar-refractivity contribution is -0.137. The number of nitrogens with zero attached hydrogens (tertiary/aromatic N) is 1. The molecule has 0 saturated heterocycles. The van der Waals surface area contributed by atoms with Crippen molar-refractivity contribution >= 4 is 34.8 Å². The van der Waals surface area contributed by atoms with Gasteiger partial charge in [0.05, 0.1) is 6.54 Å². The van der Waals surface area contributed by atoms with Gasteiger partial charge in [-0.15, -0.1) is 11.3 Å². The molecule has 0 atom stereocenters. The Morgan fingerprint density at radius 1 is 1.30 bits per heavy atom.